The Labute approximate surface area is 123 Å². The van der Waals surface area contributed by atoms with E-state index in [0.29, 0.717) is 12.1 Å². The minimum Gasteiger partial charge on any atom is -0.395 e. The fourth-order valence-electron chi connectivity index (χ4n) is 2.00. The molecule has 2 aromatic rings. The summed E-state index contributed by atoms with van der Waals surface area (Å²) >= 11 is 0. The van der Waals surface area contributed by atoms with Crippen molar-refractivity contribution in [3.63, 3.8) is 0 Å². The molecule has 0 unspecified atom stereocenters. The van der Waals surface area contributed by atoms with Crippen LogP contribution < -0.4 is 10.6 Å². The van der Waals surface area contributed by atoms with E-state index in [9.17, 15) is 4.79 Å². The third-order valence-corrected chi connectivity index (χ3v) is 3.12. The molecule has 0 fully saturated rings. The molecule has 0 bridgehead atoms. The summed E-state index contributed by atoms with van der Waals surface area (Å²) in [5.41, 5.74) is 2.63. The van der Waals surface area contributed by atoms with E-state index in [0.717, 1.165) is 17.9 Å². The number of amides is 1. The van der Waals surface area contributed by atoms with Crippen LogP contribution in [0.2, 0.25) is 0 Å². The second kappa shape index (κ2) is 7.44. The van der Waals surface area contributed by atoms with E-state index < -0.39 is 0 Å². The average Bonchev–Trinajstić information content (AvgIpc) is 2.98. The Hall–Kier alpha value is -2.34. The molecule has 0 saturated carbocycles. The molecule has 21 heavy (non-hydrogen) atoms. The van der Waals surface area contributed by atoms with E-state index >= 15 is 0 Å². The zero-order valence-corrected chi connectivity index (χ0v) is 12.0. The zero-order valence-electron chi connectivity index (χ0n) is 12.0. The fourth-order valence-corrected chi connectivity index (χ4v) is 2.00. The van der Waals surface area contributed by atoms with Crippen molar-refractivity contribution in [3.05, 3.63) is 47.8 Å². The minimum absolute atomic E-state index is 0.0590. The first-order valence-corrected chi connectivity index (χ1v) is 6.98. The SMILES string of the molecule is CCn1nccc1CNc1ccc(C(=O)NCCO)cc1. The zero-order chi connectivity index (χ0) is 15.1. The number of nitrogens with one attached hydrogen (secondary N) is 2. The number of nitrogens with zero attached hydrogens (tertiary/aromatic N) is 2. The second-order valence-corrected chi connectivity index (χ2v) is 4.55. The predicted molar refractivity (Wildman–Crippen MR) is 81.1 cm³/mol. The van der Waals surface area contributed by atoms with Crippen LogP contribution in [0.15, 0.2) is 36.5 Å². The third-order valence-electron chi connectivity index (χ3n) is 3.12. The van der Waals surface area contributed by atoms with E-state index in [1.165, 1.54) is 0 Å². The molecule has 0 spiro atoms. The largest absolute Gasteiger partial charge is 0.395 e. The van der Waals surface area contributed by atoms with Crippen LogP contribution >= 0.6 is 0 Å². The number of aryl methyl sites for hydroxylation is 1. The molecule has 112 valence electrons. The second-order valence-electron chi connectivity index (χ2n) is 4.55. The van der Waals surface area contributed by atoms with Gasteiger partial charge in [-0.05, 0) is 37.3 Å². The number of hydrogen-bond acceptors (Lipinski definition) is 4. The van der Waals surface area contributed by atoms with E-state index in [2.05, 4.69) is 22.7 Å². The number of benzene rings is 1. The summed E-state index contributed by atoms with van der Waals surface area (Å²) in [6, 6.07) is 9.21. The summed E-state index contributed by atoms with van der Waals surface area (Å²) in [4.78, 5) is 11.7. The molecule has 0 aliphatic rings. The maximum Gasteiger partial charge on any atom is 0.251 e. The van der Waals surface area contributed by atoms with Crippen molar-refractivity contribution in [2.45, 2.75) is 20.0 Å². The maximum absolute atomic E-state index is 11.7. The highest BCUT2D eigenvalue weighted by atomic mass is 16.3. The quantitative estimate of drug-likeness (QED) is 0.716. The molecular formula is C15H20N4O2. The van der Waals surface area contributed by atoms with Gasteiger partial charge >= 0.3 is 0 Å². The molecule has 1 aromatic heterocycles. The van der Waals surface area contributed by atoms with Crippen molar-refractivity contribution in [2.24, 2.45) is 0 Å². The summed E-state index contributed by atoms with van der Waals surface area (Å²) in [6.45, 7) is 3.78. The number of aromatic nitrogens is 2. The van der Waals surface area contributed by atoms with Crippen molar-refractivity contribution < 1.29 is 9.90 Å². The number of anilines is 1. The van der Waals surface area contributed by atoms with Gasteiger partial charge in [0.25, 0.3) is 5.91 Å². The Balaban J connectivity index is 1.92. The van der Waals surface area contributed by atoms with Gasteiger partial charge < -0.3 is 15.7 Å². The first-order valence-electron chi connectivity index (χ1n) is 6.98. The Morgan fingerprint density at radius 1 is 1.29 bits per heavy atom. The molecule has 1 heterocycles. The Morgan fingerprint density at radius 2 is 2.05 bits per heavy atom. The molecule has 0 atom stereocenters. The monoisotopic (exact) mass is 288 g/mol. The van der Waals surface area contributed by atoms with Gasteiger partial charge in [0.05, 0.1) is 18.8 Å². The molecule has 3 N–H and O–H groups in total. The van der Waals surface area contributed by atoms with Crippen LogP contribution in [0.5, 0.6) is 0 Å². The van der Waals surface area contributed by atoms with E-state index in [4.69, 9.17) is 5.11 Å². The molecule has 0 aliphatic carbocycles. The van der Waals surface area contributed by atoms with E-state index in [1.807, 2.05) is 22.9 Å². The van der Waals surface area contributed by atoms with Crippen molar-refractivity contribution in [1.82, 2.24) is 15.1 Å². The number of rotatable bonds is 7. The van der Waals surface area contributed by atoms with Crippen molar-refractivity contribution in [2.75, 3.05) is 18.5 Å². The summed E-state index contributed by atoms with van der Waals surface area (Å²) in [5.74, 6) is -0.181. The highest BCUT2D eigenvalue weighted by Crippen LogP contribution is 2.11. The lowest BCUT2D eigenvalue weighted by atomic mass is 10.2. The minimum atomic E-state index is -0.181. The van der Waals surface area contributed by atoms with E-state index in [1.54, 1.807) is 18.3 Å². The van der Waals surface area contributed by atoms with Gasteiger partial charge in [0.2, 0.25) is 0 Å². The molecule has 0 radical (unpaired) electrons. The molecule has 0 saturated heterocycles. The number of hydrogen-bond donors (Lipinski definition) is 3. The van der Waals surface area contributed by atoms with Gasteiger partial charge in [-0.2, -0.15) is 5.10 Å². The summed E-state index contributed by atoms with van der Waals surface area (Å²) in [5, 5.41) is 18.8. The molecule has 0 aliphatic heterocycles. The molecule has 2 rings (SSSR count). The van der Waals surface area contributed by atoms with Crippen LogP contribution in [0.3, 0.4) is 0 Å². The number of carbonyl (C=O) groups is 1. The number of carbonyl (C=O) groups excluding carboxylic acids is 1. The van der Waals surface area contributed by atoms with Gasteiger partial charge in [0.1, 0.15) is 0 Å². The lowest BCUT2D eigenvalue weighted by molar-refractivity contribution is 0.0945. The molecule has 6 nitrogen and oxygen atoms in total. The highest BCUT2D eigenvalue weighted by molar-refractivity contribution is 5.94. The third kappa shape index (κ3) is 4.06. The number of aliphatic hydroxyl groups is 1. The normalized spacial score (nSPS) is 10.4. The van der Waals surface area contributed by atoms with Crippen LogP contribution in [0.1, 0.15) is 23.0 Å². The molecule has 1 aromatic carbocycles. The van der Waals surface area contributed by atoms with Crippen LogP contribution in [-0.4, -0.2) is 33.9 Å². The Bertz CT molecular complexity index is 578. The summed E-state index contributed by atoms with van der Waals surface area (Å²) < 4.78 is 1.93. The number of aliphatic hydroxyl groups excluding tert-OH is 1. The van der Waals surface area contributed by atoms with Crippen LogP contribution in [0, 0.1) is 0 Å². The van der Waals surface area contributed by atoms with Gasteiger partial charge in [-0.25, -0.2) is 0 Å². The van der Waals surface area contributed by atoms with Crippen LogP contribution in [0.25, 0.3) is 0 Å². The fraction of sp³-hybridized carbons (Fsp3) is 0.333. The Kier molecular flexibility index (Phi) is 5.34. The van der Waals surface area contributed by atoms with Crippen molar-refractivity contribution >= 4 is 11.6 Å². The van der Waals surface area contributed by atoms with Gasteiger partial charge in [0.15, 0.2) is 0 Å². The topological polar surface area (TPSA) is 79.2 Å². The lowest BCUT2D eigenvalue weighted by Gasteiger charge is -2.09. The van der Waals surface area contributed by atoms with Gasteiger partial charge in [-0.3, -0.25) is 9.48 Å². The van der Waals surface area contributed by atoms with Crippen LogP contribution in [-0.2, 0) is 13.1 Å². The lowest BCUT2D eigenvalue weighted by Crippen LogP contribution is -2.26. The maximum atomic E-state index is 11.7. The molecule has 6 heteroatoms. The summed E-state index contributed by atoms with van der Waals surface area (Å²) in [7, 11) is 0. The first kappa shape index (κ1) is 15.1. The smallest absolute Gasteiger partial charge is 0.251 e. The van der Waals surface area contributed by atoms with Gasteiger partial charge in [0, 0.05) is 30.5 Å². The van der Waals surface area contributed by atoms with Gasteiger partial charge in [-0.15, -0.1) is 0 Å². The molecular weight excluding hydrogens is 268 g/mol. The van der Waals surface area contributed by atoms with Crippen molar-refractivity contribution in [1.29, 1.82) is 0 Å². The highest BCUT2D eigenvalue weighted by Gasteiger charge is 2.05. The first-order chi connectivity index (χ1) is 10.2. The average molecular weight is 288 g/mol. The van der Waals surface area contributed by atoms with E-state index in [-0.39, 0.29) is 19.1 Å². The van der Waals surface area contributed by atoms with Gasteiger partial charge in [-0.1, -0.05) is 0 Å². The predicted octanol–water partition coefficient (Wildman–Crippen LogP) is 1.24. The standard InChI is InChI=1S/C15H20N4O2/c1-2-19-14(7-8-18-19)11-17-13-5-3-12(4-6-13)15(21)16-9-10-20/h3-8,17,20H,2,9-11H2,1H3,(H,16,21). The molecule has 1 amide bonds. The Morgan fingerprint density at radius 3 is 2.71 bits per heavy atom. The van der Waals surface area contributed by atoms with Crippen LogP contribution in [0.4, 0.5) is 5.69 Å². The summed E-state index contributed by atoms with van der Waals surface area (Å²) in [6.07, 6.45) is 1.79. The van der Waals surface area contributed by atoms with Crippen molar-refractivity contribution in [3.8, 4) is 0 Å².